The van der Waals surface area contributed by atoms with Crippen molar-refractivity contribution in [2.45, 2.75) is 19.4 Å². The molecule has 1 heterocycles. The van der Waals surface area contributed by atoms with Crippen molar-refractivity contribution in [2.24, 2.45) is 0 Å². The fraction of sp³-hybridized carbons (Fsp3) is 0.312. The number of ether oxygens (including phenoxy) is 1. The highest BCUT2D eigenvalue weighted by molar-refractivity contribution is 6.08. The molecule has 24 heavy (non-hydrogen) atoms. The van der Waals surface area contributed by atoms with Gasteiger partial charge < -0.3 is 29.8 Å². The van der Waals surface area contributed by atoms with Crippen LogP contribution in [0.1, 0.15) is 24.9 Å². The third kappa shape index (κ3) is 3.03. The molecular formula is C16H16NO7-. The molecule has 1 aliphatic heterocycles. The second-order valence-corrected chi connectivity index (χ2v) is 5.27. The monoisotopic (exact) mass is 334 g/mol. The number of Topliss-reactive ketones (excluding diaryl/α,β-unsaturated/α-hetero) is 1. The normalized spacial score (nSPS) is 17.3. The standard InChI is InChI=1S/C16H17NO7/c1-8(18)13-14(9-3-4-10(19)11(7-9)24-2)17(6-5-12(20)21)16(23)15(13)22/h3-4,7,14,19,22H,5-6H2,1-2H3,(H,20,21)/p-1. The van der Waals surface area contributed by atoms with Gasteiger partial charge >= 0.3 is 0 Å². The van der Waals surface area contributed by atoms with Crippen molar-refractivity contribution in [3.8, 4) is 11.5 Å². The summed E-state index contributed by atoms with van der Waals surface area (Å²) in [5.41, 5.74) is 0.261. The second kappa shape index (κ2) is 6.61. The molecule has 0 aromatic heterocycles. The predicted molar refractivity (Wildman–Crippen MR) is 79.1 cm³/mol. The van der Waals surface area contributed by atoms with Crippen LogP contribution in [0.15, 0.2) is 29.5 Å². The molecule has 0 fully saturated rings. The molecule has 8 nitrogen and oxygen atoms in total. The maximum Gasteiger partial charge on any atom is 0.290 e. The number of phenolic OH excluding ortho intramolecular Hbond substituents is 1. The highest BCUT2D eigenvalue weighted by Gasteiger charge is 2.42. The molecule has 2 N–H and O–H groups in total. The first-order chi connectivity index (χ1) is 11.3. The highest BCUT2D eigenvalue weighted by Crippen LogP contribution is 2.40. The lowest BCUT2D eigenvalue weighted by molar-refractivity contribution is -0.305. The second-order valence-electron chi connectivity index (χ2n) is 5.27. The van der Waals surface area contributed by atoms with E-state index in [2.05, 4.69) is 0 Å². The molecule has 0 bridgehead atoms. The van der Waals surface area contributed by atoms with Crippen molar-refractivity contribution in [1.29, 1.82) is 0 Å². The molecule has 2 rings (SSSR count). The molecule has 0 saturated carbocycles. The fourth-order valence-electron chi connectivity index (χ4n) is 2.67. The Bertz CT molecular complexity index is 738. The van der Waals surface area contributed by atoms with Crippen molar-refractivity contribution in [3.63, 3.8) is 0 Å². The third-order valence-electron chi connectivity index (χ3n) is 3.76. The zero-order valence-electron chi connectivity index (χ0n) is 13.1. The largest absolute Gasteiger partial charge is 0.550 e. The lowest BCUT2D eigenvalue weighted by Gasteiger charge is -2.27. The van der Waals surface area contributed by atoms with E-state index in [1.54, 1.807) is 0 Å². The minimum absolute atomic E-state index is 0.120. The summed E-state index contributed by atoms with van der Waals surface area (Å²) in [6.07, 6.45) is -0.448. The Morgan fingerprint density at radius 3 is 2.54 bits per heavy atom. The average Bonchev–Trinajstić information content (AvgIpc) is 2.77. The number of methoxy groups -OCH3 is 1. The minimum atomic E-state index is -1.36. The van der Waals surface area contributed by atoms with Gasteiger partial charge in [0.2, 0.25) is 0 Å². The van der Waals surface area contributed by atoms with Crippen LogP contribution in [-0.4, -0.2) is 46.4 Å². The molecule has 1 amide bonds. The summed E-state index contributed by atoms with van der Waals surface area (Å²) in [5, 5.41) is 30.4. The summed E-state index contributed by atoms with van der Waals surface area (Å²) in [7, 11) is 1.34. The van der Waals surface area contributed by atoms with Crippen molar-refractivity contribution in [2.75, 3.05) is 13.7 Å². The number of carboxylic acids is 1. The van der Waals surface area contributed by atoms with Gasteiger partial charge in [-0.05, 0) is 24.6 Å². The molecule has 1 unspecified atom stereocenters. The number of hydrogen-bond acceptors (Lipinski definition) is 7. The molecule has 128 valence electrons. The number of nitrogens with zero attached hydrogens (tertiary/aromatic N) is 1. The number of benzene rings is 1. The van der Waals surface area contributed by atoms with Crippen LogP contribution >= 0.6 is 0 Å². The number of carbonyl (C=O) groups excluding carboxylic acids is 3. The van der Waals surface area contributed by atoms with Crippen LogP contribution in [0.4, 0.5) is 0 Å². The third-order valence-corrected chi connectivity index (χ3v) is 3.76. The van der Waals surface area contributed by atoms with E-state index in [1.165, 1.54) is 32.2 Å². The Kier molecular flexibility index (Phi) is 4.77. The van der Waals surface area contributed by atoms with Gasteiger partial charge in [0.05, 0.1) is 18.7 Å². The summed E-state index contributed by atoms with van der Waals surface area (Å²) in [6, 6.07) is 3.23. The topological polar surface area (TPSA) is 127 Å². The minimum Gasteiger partial charge on any atom is -0.550 e. The van der Waals surface area contributed by atoms with Gasteiger partial charge in [-0.15, -0.1) is 0 Å². The van der Waals surface area contributed by atoms with E-state index < -0.39 is 35.9 Å². The number of aliphatic carboxylic acids is 1. The van der Waals surface area contributed by atoms with E-state index >= 15 is 0 Å². The predicted octanol–water partition coefficient (Wildman–Crippen LogP) is -0.175. The number of carbonyl (C=O) groups is 3. The van der Waals surface area contributed by atoms with Crippen molar-refractivity contribution in [3.05, 3.63) is 35.1 Å². The van der Waals surface area contributed by atoms with Crippen LogP contribution in [0.5, 0.6) is 11.5 Å². The van der Waals surface area contributed by atoms with E-state index in [0.29, 0.717) is 5.56 Å². The Morgan fingerprint density at radius 2 is 2.00 bits per heavy atom. The Balaban J connectivity index is 2.52. The van der Waals surface area contributed by atoms with Gasteiger partial charge in [0.15, 0.2) is 23.0 Å². The molecule has 8 heteroatoms. The van der Waals surface area contributed by atoms with Gasteiger partial charge in [0.1, 0.15) is 0 Å². The number of hydrogen-bond donors (Lipinski definition) is 2. The summed E-state index contributed by atoms with van der Waals surface area (Å²) < 4.78 is 5.01. The Labute approximate surface area is 137 Å². The van der Waals surface area contributed by atoms with Crippen molar-refractivity contribution < 1.29 is 34.4 Å². The fourth-order valence-corrected chi connectivity index (χ4v) is 2.67. The molecule has 0 spiro atoms. The summed E-state index contributed by atoms with van der Waals surface area (Å²) >= 11 is 0. The number of aromatic hydroxyl groups is 1. The van der Waals surface area contributed by atoms with Crippen LogP contribution in [0.3, 0.4) is 0 Å². The summed E-state index contributed by atoms with van der Waals surface area (Å²) in [4.78, 5) is 35.9. The number of rotatable bonds is 6. The Hall–Kier alpha value is -3.03. The van der Waals surface area contributed by atoms with E-state index in [9.17, 15) is 29.7 Å². The van der Waals surface area contributed by atoms with Gasteiger partial charge in [-0.2, -0.15) is 0 Å². The van der Waals surface area contributed by atoms with Crippen LogP contribution in [-0.2, 0) is 14.4 Å². The van der Waals surface area contributed by atoms with Crippen LogP contribution in [0.2, 0.25) is 0 Å². The van der Waals surface area contributed by atoms with E-state index in [1.807, 2.05) is 0 Å². The maximum absolute atomic E-state index is 12.2. The lowest BCUT2D eigenvalue weighted by Crippen LogP contribution is -2.35. The van der Waals surface area contributed by atoms with Gasteiger partial charge in [0, 0.05) is 18.9 Å². The van der Waals surface area contributed by atoms with E-state index in [0.717, 1.165) is 4.90 Å². The zero-order chi connectivity index (χ0) is 18.0. The SMILES string of the molecule is COc1cc(C2C(C(C)=O)=C(O)C(=O)N2CCC(=O)[O-])ccc1O. The number of aliphatic hydroxyl groups is 1. The molecule has 0 aliphatic carbocycles. The van der Waals surface area contributed by atoms with Gasteiger partial charge in [-0.1, -0.05) is 6.07 Å². The zero-order valence-corrected chi connectivity index (χ0v) is 13.1. The van der Waals surface area contributed by atoms with Gasteiger partial charge in [-0.3, -0.25) is 9.59 Å². The molecule has 1 atom stereocenters. The highest BCUT2D eigenvalue weighted by atomic mass is 16.5. The van der Waals surface area contributed by atoms with E-state index in [-0.39, 0.29) is 23.6 Å². The molecule has 1 aromatic rings. The number of aliphatic hydroxyl groups excluding tert-OH is 1. The smallest absolute Gasteiger partial charge is 0.290 e. The average molecular weight is 334 g/mol. The first-order valence-corrected chi connectivity index (χ1v) is 7.09. The van der Waals surface area contributed by atoms with Crippen LogP contribution < -0.4 is 9.84 Å². The van der Waals surface area contributed by atoms with Gasteiger partial charge in [-0.25, -0.2) is 0 Å². The van der Waals surface area contributed by atoms with Crippen molar-refractivity contribution >= 4 is 17.7 Å². The molecule has 0 radical (unpaired) electrons. The van der Waals surface area contributed by atoms with Crippen LogP contribution in [0, 0.1) is 0 Å². The molecule has 1 aliphatic rings. The lowest BCUT2D eigenvalue weighted by atomic mass is 9.96. The number of carboxylic acid groups (broad SMARTS) is 1. The number of phenols is 1. The number of amides is 1. The first kappa shape index (κ1) is 17.3. The molecule has 0 saturated heterocycles. The van der Waals surface area contributed by atoms with Crippen LogP contribution in [0.25, 0.3) is 0 Å². The van der Waals surface area contributed by atoms with Gasteiger partial charge in [0.25, 0.3) is 5.91 Å². The Morgan fingerprint density at radius 1 is 1.33 bits per heavy atom. The van der Waals surface area contributed by atoms with Crippen molar-refractivity contribution in [1.82, 2.24) is 4.90 Å². The number of ketones is 1. The quantitative estimate of drug-likeness (QED) is 0.739. The maximum atomic E-state index is 12.2. The van der Waals surface area contributed by atoms with E-state index in [4.69, 9.17) is 4.74 Å². The molecule has 1 aromatic carbocycles. The summed E-state index contributed by atoms with van der Waals surface area (Å²) in [5.74, 6) is -3.44. The molecular weight excluding hydrogens is 318 g/mol. The summed E-state index contributed by atoms with van der Waals surface area (Å²) in [6.45, 7) is 0.960. The first-order valence-electron chi connectivity index (χ1n) is 7.09.